The van der Waals surface area contributed by atoms with Gasteiger partial charge in [0.1, 0.15) is 11.8 Å². The molecule has 138 valence electrons. The smallest absolute Gasteiger partial charge is 0.263 e. The number of benzene rings is 1. The van der Waals surface area contributed by atoms with Crippen LogP contribution in [0.3, 0.4) is 0 Å². The number of aryl methyl sites for hydroxylation is 1. The Bertz CT molecular complexity index is 600. The summed E-state index contributed by atoms with van der Waals surface area (Å²) in [6.45, 7) is 5.82. The molecule has 7 nitrogen and oxygen atoms in total. The van der Waals surface area contributed by atoms with E-state index in [0.717, 1.165) is 5.56 Å². The van der Waals surface area contributed by atoms with Gasteiger partial charge in [-0.3, -0.25) is 9.59 Å². The van der Waals surface area contributed by atoms with Crippen LogP contribution < -0.4 is 10.5 Å². The maximum atomic E-state index is 12.6. The summed E-state index contributed by atoms with van der Waals surface area (Å²) in [4.78, 5) is 28.1. The van der Waals surface area contributed by atoms with Crippen molar-refractivity contribution in [2.24, 2.45) is 5.73 Å². The Kier molecular flexibility index (Phi) is 6.78. The Morgan fingerprint density at radius 1 is 1.16 bits per heavy atom. The van der Waals surface area contributed by atoms with Crippen LogP contribution in [0, 0.1) is 6.92 Å². The van der Waals surface area contributed by atoms with Crippen LogP contribution in [0.25, 0.3) is 0 Å². The Hall–Kier alpha value is -2.12. The topological polar surface area (TPSA) is 85.1 Å². The quantitative estimate of drug-likeness (QED) is 0.804. The van der Waals surface area contributed by atoms with Crippen LogP contribution in [-0.2, 0) is 14.3 Å². The summed E-state index contributed by atoms with van der Waals surface area (Å²) in [5.41, 5.74) is 6.86. The first-order chi connectivity index (χ1) is 11.9. The lowest BCUT2D eigenvalue weighted by Crippen LogP contribution is -2.56. The highest BCUT2D eigenvalue weighted by molar-refractivity contribution is 5.83. The molecule has 2 amide bonds. The molecule has 0 saturated carbocycles. The fourth-order valence-electron chi connectivity index (χ4n) is 2.83. The third-order valence-electron chi connectivity index (χ3n) is 4.22. The molecule has 0 radical (unpaired) electrons. The normalized spacial score (nSPS) is 17.1. The molecule has 0 aromatic heterocycles. The highest BCUT2D eigenvalue weighted by Crippen LogP contribution is 2.15. The molecule has 1 aromatic rings. The van der Waals surface area contributed by atoms with Gasteiger partial charge in [0.15, 0.2) is 6.10 Å². The van der Waals surface area contributed by atoms with E-state index >= 15 is 0 Å². The van der Waals surface area contributed by atoms with E-state index < -0.39 is 12.1 Å². The fourth-order valence-corrected chi connectivity index (χ4v) is 2.83. The van der Waals surface area contributed by atoms with E-state index in [2.05, 4.69) is 0 Å². The molecule has 1 fully saturated rings. The first-order valence-corrected chi connectivity index (χ1v) is 8.47. The number of nitrogens with two attached hydrogens (primary N) is 1. The van der Waals surface area contributed by atoms with Crippen molar-refractivity contribution in [3.63, 3.8) is 0 Å². The van der Waals surface area contributed by atoms with E-state index in [1.54, 1.807) is 16.7 Å². The molecule has 2 N–H and O–H groups in total. The van der Waals surface area contributed by atoms with Crippen LogP contribution in [0.5, 0.6) is 5.75 Å². The molecule has 0 aliphatic carbocycles. The molecular formula is C18H27N3O4. The van der Waals surface area contributed by atoms with Gasteiger partial charge in [0, 0.05) is 33.3 Å². The van der Waals surface area contributed by atoms with Crippen molar-refractivity contribution in [1.82, 2.24) is 9.80 Å². The largest absolute Gasteiger partial charge is 0.481 e. The molecule has 2 atom stereocenters. The SMILES string of the molecule is COCC(N)C(=O)N1CCN(C(=O)C(C)Oc2cccc(C)c2)CC1. The minimum atomic E-state index is -0.657. The number of hydrogen-bond donors (Lipinski definition) is 1. The van der Waals surface area contributed by atoms with Crippen molar-refractivity contribution in [2.45, 2.75) is 26.0 Å². The summed E-state index contributed by atoms with van der Waals surface area (Å²) in [5.74, 6) is 0.466. The van der Waals surface area contributed by atoms with Gasteiger partial charge < -0.3 is 25.0 Å². The predicted molar refractivity (Wildman–Crippen MR) is 94.3 cm³/mol. The van der Waals surface area contributed by atoms with Crippen LogP contribution in [0.4, 0.5) is 0 Å². The monoisotopic (exact) mass is 349 g/mol. The molecule has 7 heteroatoms. The molecule has 2 unspecified atom stereocenters. The molecule has 1 aliphatic rings. The van der Waals surface area contributed by atoms with Crippen LogP contribution in [0.2, 0.25) is 0 Å². The third kappa shape index (κ3) is 5.17. The predicted octanol–water partition coefficient (Wildman–Crippen LogP) is 0.407. The highest BCUT2D eigenvalue weighted by atomic mass is 16.5. The standard InChI is InChI=1S/C18H27N3O4/c1-13-5-4-6-15(11-13)25-14(2)17(22)20-7-9-21(10-8-20)18(23)16(19)12-24-3/h4-6,11,14,16H,7-10,12,19H2,1-3H3. The van der Waals surface area contributed by atoms with E-state index in [1.807, 2.05) is 31.2 Å². The fraction of sp³-hybridized carbons (Fsp3) is 0.556. The molecule has 1 saturated heterocycles. The molecule has 25 heavy (non-hydrogen) atoms. The summed E-state index contributed by atoms with van der Waals surface area (Å²) in [6.07, 6.45) is -0.570. The zero-order valence-corrected chi connectivity index (χ0v) is 15.1. The van der Waals surface area contributed by atoms with Crippen LogP contribution >= 0.6 is 0 Å². The van der Waals surface area contributed by atoms with Crippen molar-refractivity contribution in [2.75, 3.05) is 39.9 Å². The number of nitrogens with zero attached hydrogens (tertiary/aromatic N) is 2. The van der Waals surface area contributed by atoms with E-state index in [1.165, 1.54) is 7.11 Å². The van der Waals surface area contributed by atoms with Gasteiger partial charge in [0.25, 0.3) is 5.91 Å². The summed E-state index contributed by atoms with van der Waals surface area (Å²) in [7, 11) is 1.51. The average molecular weight is 349 g/mol. The molecule has 1 aliphatic heterocycles. The lowest BCUT2D eigenvalue weighted by Gasteiger charge is -2.36. The molecular weight excluding hydrogens is 322 g/mol. The van der Waals surface area contributed by atoms with Gasteiger partial charge in [-0.15, -0.1) is 0 Å². The van der Waals surface area contributed by atoms with E-state index in [-0.39, 0.29) is 18.4 Å². The van der Waals surface area contributed by atoms with E-state index in [9.17, 15) is 9.59 Å². The summed E-state index contributed by atoms with van der Waals surface area (Å²) < 4.78 is 10.7. The summed E-state index contributed by atoms with van der Waals surface area (Å²) >= 11 is 0. The van der Waals surface area contributed by atoms with Crippen molar-refractivity contribution in [3.8, 4) is 5.75 Å². The number of hydrogen-bond acceptors (Lipinski definition) is 5. The van der Waals surface area contributed by atoms with Gasteiger partial charge in [-0.1, -0.05) is 12.1 Å². The third-order valence-corrected chi connectivity index (χ3v) is 4.22. The second-order valence-corrected chi connectivity index (χ2v) is 6.29. The summed E-state index contributed by atoms with van der Waals surface area (Å²) in [5, 5.41) is 0. The second-order valence-electron chi connectivity index (χ2n) is 6.29. The number of methoxy groups -OCH3 is 1. The second kappa shape index (κ2) is 8.82. The minimum absolute atomic E-state index is 0.0743. The minimum Gasteiger partial charge on any atom is -0.481 e. The Morgan fingerprint density at radius 2 is 1.76 bits per heavy atom. The van der Waals surface area contributed by atoms with Gasteiger partial charge in [0.05, 0.1) is 6.61 Å². The Balaban J connectivity index is 1.85. The van der Waals surface area contributed by atoms with Gasteiger partial charge >= 0.3 is 0 Å². The molecule has 2 rings (SSSR count). The van der Waals surface area contributed by atoms with Gasteiger partial charge in [-0.25, -0.2) is 0 Å². The van der Waals surface area contributed by atoms with Crippen LogP contribution in [0.15, 0.2) is 24.3 Å². The Morgan fingerprint density at radius 3 is 2.32 bits per heavy atom. The lowest BCUT2D eigenvalue weighted by atomic mass is 10.2. The van der Waals surface area contributed by atoms with Gasteiger partial charge in [0.2, 0.25) is 5.91 Å². The Labute approximate surface area is 148 Å². The number of rotatable bonds is 6. The number of ether oxygens (including phenoxy) is 2. The zero-order chi connectivity index (χ0) is 18.4. The average Bonchev–Trinajstić information content (AvgIpc) is 2.60. The number of piperazine rings is 1. The van der Waals surface area contributed by atoms with Crippen molar-refractivity contribution in [1.29, 1.82) is 0 Å². The molecule has 1 heterocycles. The molecule has 0 spiro atoms. The van der Waals surface area contributed by atoms with Crippen molar-refractivity contribution in [3.05, 3.63) is 29.8 Å². The highest BCUT2D eigenvalue weighted by Gasteiger charge is 2.29. The lowest BCUT2D eigenvalue weighted by molar-refractivity contribution is -0.144. The number of carbonyl (C=O) groups excluding carboxylic acids is 2. The maximum absolute atomic E-state index is 12.6. The van der Waals surface area contributed by atoms with Gasteiger partial charge in [-0.05, 0) is 31.5 Å². The van der Waals surface area contributed by atoms with Gasteiger partial charge in [-0.2, -0.15) is 0 Å². The number of carbonyl (C=O) groups is 2. The van der Waals surface area contributed by atoms with E-state index in [4.69, 9.17) is 15.2 Å². The zero-order valence-electron chi connectivity index (χ0n) is 15.1. The number of amides is 2. The van der Waals surface area contributed by atoms with Crippen LogP contribution in [0.1, 0.15) is 12.5 Å². The molecule has 0 bridgehead atoms. The first kappa shape index (κ1) is 19.2. The summed E-state index contributed by atoms with van der Waals surface area (Å²) in [6, 6.07) is 6.96. The van der Waals surface area contributed by atoms with Crippen molar-refractivity contribution >= 4 is 11.8 Å². The first-order valence-electron chi connectivity index (χ1n) is 8.47. The van der Waals surface area contributed by atoms with E-state index in [0.29, 0.717) is 31.9 Å². The van der Waals surface area contributed by atoms with Crippen LogP contribution in [-0.4, -0.2) is 73.7 Å². The maximum Gasteiger partial charge on any atom is 0.263 e. The van der Waals surface area contributed by atoms with Crippen molar-refractivity contribution < 1.29 is 19.1 Å². The molecule has 1 aromatic carbocycles.